The molecule has 128 valence electrons. The van der Waals surface area contributed by atoms with Crippen LogP contribution in [-0.4, -0.2) is 29.1 Å². The Morgan fingerprint density at radius 2 is 2.12 bits per heavy atom. The van der Waals surface area contributed by atoms with E-state index in [-0.39, 0.29) is 16.7 Å². The van der Waals surface area contributed by atoms with Crippen LogP contribution in [0, 0.1) is 6.92 Å². The number of ether oxygens (including phenoxy) is 2. The quantitative estimate of drug-likeness (QED) is 0.919. The van der Waals surface area contributed by atoms with E-state index in [9.17, 15) is 4.79 Å². The Morgan fingerprint density at radius 1 is 1.38 bits per heavy atom. The Morgan fingerprint density at radius 3 is 2.83 bits per heavy atom. The molecule has 0 spiro atoms. The Bertz CT molecular complexity index is 785. The number of halogens is 1. The lowest BCUT2D eigenvalue weighted by molar-refractivity contribution is 0.0253. The number of hydrogen-bond acceptors (Lipinski definition) is 5. The zero-order valence-corrected chi connectivity index (χ0v) is 14.5. The Labute approximate surface area is 145 Å². The standard InChI is InChI=1S/C17H20ClN3O3/c1-11-9-12(20-14-10-19-21(2)17(22)16(14)18)3-4-15(11)24-13-5-7-23-8-6-13/h3-4,9-10,13,20H,5-8H2,1-2H3. The van der Waals surface area contributed by atoms with Crippen molar-refractivity contribution in [1.82, 2.24) is 9.78 Å². The van der Waals surface area contributed by atoms with Gasteiger partial charge in [0.2, 0.25) is 0 Å². The molecule has 3 rings (SSSR count). The largest absolute Gasteiger partial charge is 0.490 e. The molecule has 1 aliphatic rings. The molecule has 0 bridgehead atoms. The van der Waals surface area contributed by atoms with Crippen LogP contribution in [0.3, 0.4) is 0 Å². The predicted octanol–water partition coefficient (Wildman–Crippen LogP) is 3.04. The fourth-order valence-electron chi connectivity index (χ4n) is 2.59. The van der Waals surface area contributed by atoms with Crippen molar-refractivity contribution in [2.75, 3.05) is 18.5 Å². The molecule has 0 saturated carbocycles. The number of rotatable bonds is 4. The normalized spacial score (nSPS) is 15.3. The molecule has 1 aliphatic heterocycles. The summed E-state index contributed by atoms with van der Waals surface area (Å²) in [5.41, 5.74) is 1.98. The zero-order chi connectivity index (χ0) is 17.1. The summed E-state index contributed by atoms with van der Waals surface area (Å²) in [5, 5.41) is 7.22. The van der Waals surface area contributed by atoms with Crippen LogP contribution in [0.1, 0.15) is 18.4 Å². The first-order valence-electron chi connectivity index (χ1n) is 7.88. The lowest BCUT2D eigenvalue weighted by Crippen LogP contribution is -2.26. The van der Waals surface area contributed by atoms with Crippen molar-refractivity contribution in [3.63, 3.8) is 0 Å². The number of anilines is 2. The maximum Gasteiger partial charge on any atom is 0.287 e. The van der Waals surface area contributed by atoms with Gasteiger partial charge in [0.05, 0.1) is 25.1 Å². The van der Waals surface area contributed by atoms with Gasteiger partial charge in [0.25, 0.3) is 5.56 Å². The summed E-state index contributed by atoms with van der Waals surface area (Å²) in [6, 6.07) is 5.79. The lowest BCUT2D eigenvalue weighted by atomic mass is 10.1. The fraction of sp³-hybridized carbons (Fsp3) is 0.412. The summed E-state index contributed by atoms with van der Waals surface area (Å²) in [5.74, 6) is 0.862. The number of nitrogens with zero attached hydrogens (tertiary/aromatic N) is 2. The van der Waals surface area contributed by atoms with E-state index < -0.39 is 0 Å². The number of hydrogen-bond donors (Lipinski definition) is 1. The molecule has 1 aromatic heterocycles. The van der Waals surface area contributed by atoms with Gasteiger partial charge in [-0.2, -0.15) is 5.10 Å². The molecule has 0 amide bonds. The van der Waals surface area contributed by atoms with Gasteiger partial charge >= 0.3 is 0 Å². The summed E-state index contributed by atoms with van der Waals surface area (Å²) >= 11 is 6.08. The van der Waals surface area contributed by atoms with E-state index >= 15 is 0 Å². The molecule has 0 atom stereocenters. The summed E-state index contributed by atoms with van der Waals surface area (Å²) in [7, 11) is 1.56. The third kappa shape index (κ3) is 3.71. The van der Waals surface area contributed by atoms with Gasteiger partial charge < -0.3 is 14.8 Å². The molecule has 2 aromatic rings. The average molecular weight is 350 g/mol. The fourth-order valence-corrected chi connectivity index (χ4v) is 2.80. The summed E-state index contributed by atoms with van der Waals surface area (Å²) in [6.45, 7) is 3.49. The molecule has 1 N–H and O–H groups in total. The van der Waals surface area contributed by atoms with Gasteiger partial charge in [-0.1, -0.05) is 11.6 Å². The Hall–Kier alpha value is -2.05. The van der Waals surface area contributed by atoms with Crippen molar-refractivity contribution < 1.29 is 9.47 Å². The lowest BCUT2D eigenvalue weighted by Gasteiger charge is -2.24. The third-order valence-corrected chi connectivity index (χ3v) is 4.36. The molecule has 1 fully saturated rings. The highest BCUT2D eigenvalue weighted by Gasteiger charge is 2.16. The van der Waals surface area contributed by atoms with Crippen molar-refractivity contribution in [2.45, 2.75) is 25.9 Å². The second kappa shape index (κ2) is 7.23. The van der Waals surface area contributed by atoms with E-state index in [1.54, 1.807) is 7.05 Å². The molecule has 7 heteroatoms. The van der Waals surface area contributed by atoms with Gasteiger partial charge in [-0.25, -0.2) is 4.68 Å². The van der Waals surface area contributed by atoms with Crippen LogP contribution >= 0.6 is 11.6 Å². The topological polar surface area (TPSA) is 65.4 Å². The first-order valence-corrected chi connectivity index (χ1v) is 8.26. The van der Waals surface area contributed by atoms with Gasteiger partial charge in [-0.15, -0.1) is 0 Å². The molecule has 1 saturated heterocycles. The molecular weight excluding hydrogens is 330 g/mol. The SMILES string of the molecule is Cc1cc(Nc2cnn(C)c(=O)c2Cl)ccc1OC1CCOCC1. The van der Waals surface area contributed by atoms with E-state index in [1.807, 2.05) is 25.1 Å². The van der Waals surface area contributed by atoms with Crippen molar-refractivity contribution in [1.29, 1.82) is 0 Å². The van der Waals surface area contributed by atoms with E-state index in [0.29, 0.717) is 5.69 Å². The highest BCUT2D eigenvalue weighted by Crippen LogP contribution is 2.28. The van der Waals surface area contributed by atoms with Crippen LogP contribution < -0.4 is 15.6 Å². The summed E-state index contributed by atoms with van der Waals surface area (Å²) in [6.07, 6.45) is 3.56. The highest BCUT2D eigenvalue weighted by molar-refractivity contribution is 6.33. The molecule has 2 heterocycles. The number of nitrogens with one attached hydrogen (secondary N) is 1. The van der Waals surface area contributed by atoms with Crippen LogP contribution in [0.25, 0.3) is 0 Å². The molecule has 0 aliphatic carbocycles. The molecular formula is C17H20ClN3O3. The second-order valence-electron chi connectivity index (χ2n) is 5.84. The average Bonchev–Trinajstić information content (AvgIpc) is 2.59. The van der Waals surface area contributed by atoms with E-state index in [1.165, 1.54) is 10.9 Å². The van der Waals surface area contributed by atoms with Crippen molar-refractivity contribution in [3.8, 4) is 5.75 Å². The van der Waals surface area contributed by atoms with Gasteiger partial charge in [-0.05, 0) is 30.7 Å². The van der Waals surface area contributed by atoms with Crippen LogP contribution in [0.5, 0.6) is 5.75 Å². The van der Waals surface area contributed by atoms with Crippen LogP contribution in [0.2, 0.25) is 5.02 Å². The predicted molar refractivity (Wildman–Crippen MR) is 93.4 cm³/mol. The van der Waals surface area contributed by atoms with Crippen molar-refractivity contribution in [3.05, 3.63) is 45.3 Å². The van der Waals surface area contributed by atoms with E-state index in [4.69, 9.17) is 21.1 Å². The molecule has 0 radical (unpaired) electrons. The minimum atomic E-state index is -0.335. The van der Waals surface area contributed by atoms with Gasteiger partial charge in [0.1, 0.15) is 16.9 Å². The van der Waals surface area contributed by atoms with Crippen LogP contribution in [0.4, 0.5) is 11.4 Å². The summed E-state index contributed by atoms with van der Waals surface area (Å²) < 4.78 is 12.6. The minimum absolute atomic E-state index is 0.118. The van der Waals surface area contributed by atoms with Gasteiger partial charge in [0, 0.05) is 25.6 Å². The summed E-state index contributed by atoms with van der Waals surface area (Å²) in [4.78, 5) is 11.8. The van der Waals surface area contributed by atoms with Crippen LogP contribution in [0.15, 0.2) is 29.2 Å². The Kier molecular flexibility index (Phi) is 5.06. The minimum Gasteiger partial charge on any atom is -0.490 e. The Balaban J connectivity index is 1.75. The molecule has 1 aromatic carbocycles. The monoisotopic (exact) mass is 349 g/mol. The second-order valence-corrected chi connectivity index (χ2v) is 6.21. The maximum absolute atomic E-state index is 11.8. The maximum atomic E-state index is 11.8. The molecule has 24 heavy (non-hydrogen) atoms. The van der Waals surface area contributed by atoms with E-state index in [2.05, 4.69) is 10.4 Å². The van der Waals surface area contributed by atoms with Crippen LogP contribution in [-0.2, 0) is 11.8 Å². The number of aromatic nitrogens is 2. The zero-order valence-electron chi connectivity index (χ0n) is 13.7. The van der Waals surface area contributed by atoms with Gasteiger partial charge in [0.15, 0.2) is 0 Å². The number of benzene rings is 1. The smallest absolute Gasteiger partial charge is 0.287 e. The molecule has 6 nitrogen and oxygen atoms in total. The van der Waals surface area contributed by atoms with Gasteiger partial charge in [-0.3, -0.25) is 4.79 Å². The molecule has 0 unspecified atom stereocenters. The first kappa shape index (κ1) is 16.8. The van der Waals surface area contributed by atoms with Crippen molar-refractivity contribution >= 4 is 23.0 Å². The third-order valence-electron chi connectivity index (χ3n) is 3.99. The van der Waals surface area contributed by atoms with E-state index in [0.717, 1.165) is 43.1 Å². The number of aryl methyl sites for hydroxylation is 2. The highest BCUT2D eigenvalue weighted by atomic mass is 35.5. The van der Waals surface area contributed by atoms with Crippen molar-refractivity contribution in [2.24, 2.45) is 7.05 Å². The first-order chi connectivity index (χ1) is 11.5.